The van der Waals surface area contributed by atoms with Gasteiger partial charge >= 0.3 is 0 Å². The highest BCUT2D eigenvalue weighted by atomic mass is 79.9. The van der Waals surface area contributed by atoms with Crippen molar-refractivity contribution in [3.8, 4) is 0 Å². The van der Waals surface area contributed by atoms with Gasteiger partial charge in [-0.2, -0.15) is 0 Å². The van der Waals surface area contributed by atoms with Crippen LogP contribution >= 0.6 is 27.7 Å². The van der Waals surface area contributed by atoms with Gasteiger partial charge in [-0.25, -0.2) is 9.97 Å². The summed E-state index contributed by atoms with van der Waals surface area (Å²) in [6.07, 6.45) is 4.54. The Labute approximate surface area is 172 Å². The van der Waals surface area contributed by atoms with Crippen LogP contribution in [0.25, 0.3) is 0 Å². The maximum absolute atomic E-state index is 12.0. The van der Waals surface area contributed by atoms with E-state index in [9.17, 15) is 4.79 Å². The summed E-state index contributed by atoms with van der Waals surface area (Å²) in [5, 5.41) is 3.01. The fraction of sp³-hybridized carbons (Fsp3) is 0.421. The van der Waals surface area contributed by atoms with Gasteiger partial charge in [0.15, 0.2) is 0 Å². The Hall–Kier alpha value is -1.64. The average Bonchev–Trinajstić information content (AvgIpc) is 2.72. The van der Waals surface area contributed by atoms with Crippen molar-refractivity contribution in [2.45, 2.75) is 11.3 Å². The molecule has 2 aromatic rings. The van der Waals surface area contributed by atoms with Gasteiger partial charge in [0.25, 0.3) is 0 Å². The number of nitrogens with one attached hydrogen (secondary N) is 1. The van der Waals surface area contributed by atoms with Gasteiger partial charge in [0.2, 0.25) is 11.9 Å². The number of carbonyl (C=O) groups excluding carboxylic acids is 1. The molecule has 1 aliphatic heterocycles. The van der Waals surface area contributed by atoms with E-state index in [0.717, 1.165) is 61.0 Å². The Morgan fingerprint density at radius 3 is 2.52 bits per heavy atom. The lowest BCUT2D eigenvalue weighted by molar-refractivity contribution is -0.118. The quantitative estimate of drug-likeness (QED) is 0.493. The smallest absolute Gasteiger partial charge is 0.230 e. The molecule has 1 fully saturated rings. The molecule has 1 N–H and O–H groups in total. The first kappa shape index (κ1) is 20.1. The molecule has 0 spiro atoms. The van der Waals surface area contributed by atoms with E-state index in [4.69, 9.17) is 0 Å². The van der Waals surface area contributed by atoms with Crippen molar-refractivity contribution in [2.75, 3.05) is 49.9 Å². The monoisotopic (exact) mass is 449 g/mol. The number of aromatic nitrogens is 2. The van der Waals surface area contributed by atoms with Crippen LogP contribution in [0, 0.1) is 0 Å². The molecular formula is C19H24BrN5OS. The van der Waals surface area contributed by atoms with Crippen LogP contribution in [0.1, 0.15) is 6.42 Å². The number of anilines is 1. The van der Waals surface area contributed by atoms with Crippen LogP contribution in [0.15, 0.2) is 52.1 Å². The minimum Gasteiger partial charge on any atom is -0.355 e. The van der Waals surface area contributed by atoms with E-state index in [1.165, 1.54) is 0 Å². The molecule has 1 aliphatic rings. The summed E-state index contributed by atoms with van der Waals surface area (Å²) in [6.45, 7) is 5.63. The summed E-state index contributed by atoms with van der Waals surface area (Å²) in [6, 6.07) is 9.85. The van der Waals surface area contributed by atoms with Crippen molar-refractivity contribution in [1.82, 2.24) is 20.2 Å². The van der Waals surface area contributed by atoms with Gasteiger partial charge in [-0.05, 0) is 43.3 Å². The van der Waals surface area contributed by atoms with Crippen LogP contribution in [0.2, 0.25) is 0 Å². The Kier molecular flexibility index (Phi) is 7.92. The Morgan fingerprint density at radius 2 is 1.81 bits per heavy atom. The molecular weight excluding hydrogens is 426 g/mol. The minimum absolute atomic E-state index is 0.0916. The molecule has 1 aromatic heterocycles. The van der Waals surface area contributed by atoms with Crippen LogP contribution in [0.4, 0.5) is 5.95 Å². The number of rotatable bonds is 8. The van der Waals surface area contributed by atoms with Crippen LogP contribution in [-0.4, -0.2) is 65.8 Å². The maximum Gasteiger partial charge on any atom is 0.230 e. The van der Waals surface area contributed by atoms with Gasteiger partial charge in [-0.1, -0.05) is 15.9 Å². The van der Waals surface area contributed by atoms with Crippen LogP contribution in [-0.2, 0) is 4.79 Å². The molecule has 144 valence electrons. The van der Waals surface area contributed by atoms with E-state index in [1.54, 1.807) is 24.2 Å². The van der Waals surface area contributed by atoms with Crippen molar-refractivity contribution in [1.29, 1.82) is 0 Å². The third-order valence-corrected chi connectivity index (χ3v) is 5.90. The normalized spacial score (nSPS) is 14.9. The molecule has 0 saturated carbocycles. The SMILES string of the molecule is O=C(CSc1ccc(Br)cc1)NCCCN1CCN(c2ncccn2)CC1. The van der Waals surface area contributed by atoms with E-state index in [-0.39, 0.29) is 5.91 Å². The van der Waals surface area contributed by atoms with Crippen molar-refractivity contribution >= 4 is 39.5 Å². The molecule has 0 aliphatic carbocycles. The third kappa shape index (κ3) is 6.79. The van der Waals surface area contributed by atoms with Crippen molar-refractivity contribution in [2.24, 2.45) is 0 Å². The summed E-state index contributed by atoms with van der Waals surface area (Å²) >= 11 is 4.97. The van der Waals surface area contributed by atoms with Crippen LogP contribution in [0.5, 0.6) is 0 Å². The standard InChI is InChI=1S/C19H24BrN5OS/c20-16-3-5-17(6-4-16)27-15-18(26)21-9-2-10-24-11-13-25(14-12-24)19-22-7-1-8-23-19/h1,3-8H,2,9-15H2,(H,21,26). The highest BCUT2D eigenvalue weighted by Crippen LogP contribution is 2.20. The van der Waals surface area contributed by atoms with Gasteiger partial charge in [0.1, 0.15) is 0 Å². The zero-order chi connectivity index (χ0) is 18.9. The molecule has 0 radical (unpaired) electrons. The molecule has 8 heteroatoms. The number of thioether (sulfide) groups is 1. The number of piperazine rings is 1. The molecule has 0 atom stereocenters. The number of nitrogens with zero attached hydrogens (tertiary/aromatic N) is 4. The largest absolute Gasteiger partial charge is 0.355 e. The van der Waals surface area contributed by atoms with Crippen LogP contribution in [0.3, 0.4) is 0 Å². The molecule has 0 bridgehead atoms. The van der Waals surface area contributed by atoms with Crippen molar-refractivity contribution < 1.29 is 4.79 Å². The first-order chi connectivity index (χ1) is 13.2. The first-order valence-corrected chi connectivity index (χ1v) is 10.9. The maximum atomic E-state index is 12.0. The van der Waals surface area contributed by atoms with Gasteiger partial charge in [-0.15, -0.1) is 11.8 Å². The summed E-state index contributed by atoms with van der Waals surface area (Å²) in [7, 11) is 0. The van der Waals surface area contributed by atoms with E-state index in [1.807, 2.05) is 30.3 Å². The predicted molar refractivity (Wildman–Crippen MR) is 113 cm³/mol. The highest BCUT2D eigenvalue weighted by molar-refractivity contribution is 9.10. The van der Waals surface area contributed by atoms with E-state index < -0.39 is 0 Å². The molecule has 1 saturated heterocycles. The van der Waals surface area contributed by atoms with Crippen molar-refractivity contribution in [3.05, 3.63) is 47.2 Å². The number of amides is 1. The summed E-state index contributed by atoms with van der Waals surface area (Å²) in [4.78, 5) is 26.3. The number of halogens is 1. The summed E-state index contributed by atoms with van der Waals surface area (Å²) in [5.41, 5.74) is 0. The number of hydrogen-bond donors (Lipinski definition) is 1. The lowest BCUT2D eigenvalue weighted by atomic mass is 10.3. The topological polar surface area (TPSA) is 61.4 Å². The zero-order valence-corrected chi connectivity index (χ0v) is 17.6. The zero-order valence-electron chi connectivity index (χ0n) is 15.2. The number of hydrogen-bond acceptors (Lipinski definition) is 6. The Balaban J connectivity index is 1.26. The summed E-state index contributed by atoms with van der Waals surface area (Å²) < 4.78 is 1.05. The molecule has 1 amide bonds. The third-order valence-electron chi connectivity index (χ3n) is 4.36. The van der Waals surface area contributed by atoms with Crippen LogP contribution < -0.4 is 10.2 Å². The second kappa shape index (κ2) is 10.6. The lowest BCUT2D eigenvalue weighted by Gasteiger charge is -2.34. The van der Waals surface area contributed by atoms with Gasteiger partial charge in [0.05, 0.1) is 5.75 Å². The van der Waals surface area contributed by atoms with Gasteiger partial charge < -0.3 is 10.2 Å². The fourth-order valence-electron chi connectivity index (χ4n) is 2.89. The number of carbonyl (C=O) groups is 1. The first-order valence-electron chi connectivity index (χ1n) is 9.10. The summed E-state index contributed by atoms with van der Waals surface area (Å²) in [5.74, 6) is 1.36. The predicted octanol–water partition coefficient (Wildman–Crippen LogP) is 2.66. The molecule has 6 nitrogen and oxygen atoms in total. The fourth-order valence-corrected chi connectivity index (χ4v) is 3.88. The van der Waals surface area contributed by atoms with Crippen molar-refractivity contribution in [3.63, 3.8) is 0 Å². The highest BCUT2D eigenvalue weighted by Gasteiger charge is 2.18. The second-order valence-corrected chi connectivity index (χ2v) is 8.29. The van der Waals surface area contributed by atoms with E-state index in [2.05, 4.69) is 41.0 Å². The molecule has 3 rings (SSSR count). The van der Waals surface area contributed by atoms with Gasteiger partial charge in [-0.3, -0.25) is 9.69 Å². The molecule has 2 heterocycles. The Bertz CT molecular complexity index is 708. The average molecular weight is 450 g/mol. The lowest BCUT2D eigenvalue weighted by Crippen LogP contribution is -2.47. The minimum atomic E-state index is 0.0916. The van der Waals surface area contributed by atoms with E-state index in [0.29, 0.717) is 5.75 Å². The second-order valence-electron chi connectivity index (χ2n) is 6.32. The molecule has 1 aromatic carbocycles. The Morgan fingerprint density at radius 1 is 1.11 bits per heavy atom. The molecule has 0 unspecified atom stereocenters. The van der Waals surface area contributed by atoms with E-state index >= 15 is 0 Å². The number of benzene rings is 1. The van der Waals surface area contributed by atoms with Gasteiger partial charge in [0, 0.05) is 54.5 Å². The molecule has 27 heavy (non-hydrogen) atoms.